The summed E-state index contributed by atoms with van der Waals surface area (Å²) < 4.78 is 7.05. The summed E-state index contributed by atoms with van der Waals surface area (Å²) in [6, 6.07) is 29.7. The molecule has 3 nitrogen and oxygen atoms in total. The van der Waals surface area contributed by atoms with Crippen LogP contribution in [0.1, 0.15) is 95.6 Å². The molecule has 1 aliphatic heterocycles. The number of aliphatic hydroxyl groups is 1. The van der Waals surface area contributed by atoms with E-state index in [0.717, 1.165) is 56.4 Å². The average Bonchev–Trinajstić information content (AvgIpc) is 2.96. The van der Waals surface area contributed by atoms with Crippen molar-refractivity contribution in [1.82, 2.24) is 4.90 Å². The maximum absolute atomic E-state index is 12.3. The first-order valence-electron chi connectivity index (χ1n) is 16.1. The van der Waals surface area contributed by atoms with E-state index in [1.165, 1.54) is 11.1 Å². The molecular weight excluding hydrogens is 531 g/mol. The van der Waals surface area contributed by atoms with Gasteiger partial charge in [-0.2, -0.15) is 0 Å². The number of rotatable bonds is 10. The molecule has 1 fully saturated rings. The summed E-state index contributed by atoms with van der Waals surface area (Å²) in [7, 11) is -1.93. The second-order valence-corrected chi connectivity index (χ2v) is 19.8. The van der Waals surface area contributed by atoms with Crippen LogP contribution in [0.25, 0.3) is 0 Å². The first kappa shape index (κ1) is 32.7. The van der Waals surface area contributed by atoms with Crippen molar-refractivity contribution >= 4 is 8.32 Å². The van der Waals surface area contributed by atoms with Crippen molar-refractivity contribution < 1.29 is 9.53 Å². The van der Waals surface area contributed by atoms with Crippen LogP contribution >= 0.6 is 0 Å². The standard InChI is InChI=1S/C38H55NO2Si/c1-36(2,3)31-23-21-30(22-24-31)35(41-42(7,8)37(4,5)6)20-15-27-39-28-25-34(26-29-39)38(40,32-16-11-9-12-17-32)33-18-13-10-14-19-33/h9-14,16-19,21-24,34-35,40H,15,20,25-29H2,1-8H3. The molecule has 1 unspecified atom stereocenters. The Morgan fingerprint density at radius 1 is 0.762 bits per heavy atom. The van der Waals surface area contributed by atoms with Crippen molar-refractivity contribution in [1.29, 1.82) is 0 Å². The molecule has 0 bridgehead atoms. The molecule has 4 rings (SSSR count). The van der Waals surface area contributed by atoms with Crippen LogP contribution in [0.15, 0.2) is 84.9 Å². The molecule has 0 amide bonds. The number of likely N-dealkylation sites (tertiary alicyclic amines) is 1. The van der Waals surface area contributed by atoms with Gasteiger partial charge in [-0.05, 0) is 97.0 Å². The van der Waals surface area contributed by atoms with Crippen molar-refractivity contribution in [3.8, 4) is 0 Å². The highest BCUT2D eigenvalue weighted by Crippen LogP contribution is 2.43. The van der Waals surface area contributed by atoms with Crippen molar-refractivity contribution in [2.75, 3.05) is 19.6 Å². The molecule has 1 saturated heterocycles. The third-order valence-corrected chi connectivity index (χ3v) is 14.4. The molecule has 3 aromatic carbocycles. The number of nitrogens with zero attached hydrogens (tertiary/aromatic N) is 1. The van der Waals surface area contributed by atoms with Crippen LogP contribution in [0.5, 0.6) is 0 Å². The second-order valence-electron chi connectivity index (χ2n) is 15.0. The minimum Gasteiger partial charge on any atom is -0.410 e. The number of hydrogen-bond donors (Lipinski definition) is 1. The Morgan fingerprint density at radius 3 is 1.71 bits per heavy atom. The zero-order chi connectivity index (χ0) is 30.6. The normalized spacial score (nSPS) is 16.9. The summed E-state index contributed by atoms with van der Waals surface area (Å²) in [5, 5.41) is 12.4. The lowest BCUT2D eigenvalue weighted by atomic mass is 9.72. The fraction of sp³-hybridized carbons (Fsp3) is 0.526. The van der Waals surface area contributed by atoms with Gasteiger partial charge in [0.25, 0.3) is 0 Å². The van der Waals surface area contributed by atoms with E-state index in [4.69, 9.17) is 4.43 Å². The lowest BCUT2D eigenvalue weighted by Gasteiger charge is -2.42. The molecule has 1 N–H and O–H groups in total. The van der Waals surface area contributed by atoms with Gasteiger partial charge in [-0.3, -0.25) is 0 Å². The quantitative estimate of drug-likeness (QED) is 0.241. The Kier molecular flexibility index (Phi) is 10.2. The van der Waals surface area contributed by atoms with Gasteiger partial charge in [0.1, 0.15) is 5.60 Å². The van der Waals surface area contributed by atoms with Crippen molar-refractivity contribution in [3.05, 3.63) is 107 Å². The van der Waals surface area contributed by atoms with E-state index in [1.807, 2.05) is 36.4 Å². The van der Waals surface area contributed by atoms with E-state index >= 15 is 0 Å². The summed E-state index contributed by atoms with van der Waals surface area (Å²) in [4.78, 5) is 2.60. The lowest BCUT2D eigenvalue weighted by Crippen LogP contribution is -2.44. The third kappa shape index (κ3) is 7.63. The van der Waals surface area contributed by atoms with Crippen LogP contribution in [0.3, 0.4) is 0 Å². The topological polar surface area (TPSA) is 32.7 Å². The van der Waals surface area contributed by atoms with Gasteiger partial charge in [-0.25, -0.2) is 0 Å². The van der Waals surface area contributed by atoms with Crippen LogP contribution < -0.4 is 0 Å². The van der Waals surface area contributed by atoms with E-state index in [0.29, 0.717) is 0 Å². The highest BCUT2D eigenvalue weighted by molar-refractivity contribution is 6.74. The molecule has 42 heavy (non-hydrogen) atoms. The lowest BCUT2D eigenvalue weighted by molar-refractivity contribution is -0.0146. The van der Waals surface area contributed by atoms with E-state index in [1.54, 1.807) is 0 Å². The van der Waals surface area contributed by atoms with E-state index < -0.39 is 13.9 Å². The largest absolute Gasteiger partial charge is 0.410 e. The summed E-state index contributed by atoms with van der Waals surface area (Å²) >= 11 is 0. The van der Waals surface area contributed by atoms with Crippen molar-refractivity contribution in [3.63, 3.8) is 0 Å². The average molecular weight is 586 g/mol. The monoisotopic (exact) mass is 585 g/mol. The minimum absolute atomic E-state index is 0.124. The van der Waals surface area contributed by atoms with Gasteiger partial charge < -0.3 is 14.4 Å². The smallest absolute Gasteiger partial charge is 0.192 e. The highest BCUT2D eigenvalue weighted by atomic mass is 28.4. The SMILES string of the molecule is CC(C)(C)c1ccc(C(CCCN2CCC(C(O)(c3ccccc3)c3ccccc3)CC2)O[Si](C)(C)C(C)(C)C)cc1. The maximum Gasteiger partial charge on any atom is 0.192 e. The van der Waals surface area contributed by atoms with Crippen LogP contribution in [0, 0.1) is 5.92 Å². The molecule has 0 spiro atoms. The van der Waals surface area contributed by atoms with Gasteiger partial charge in [-0.1, -0.05) is 126 Å². The number of benzene rings is 3. The number of piperidine rings is 1. The molecule has 1 atom stereocenters. The van der Waals surface area contributed by atoms with Gasteiger partial charge in [0.15, 0.2) is 8.32 Å². The Hall–Kier alpha value is -2.24. The maximum atomic E-state index is 12.3. The summed E-state index contributed by atoms with van der Waals surface area (Å²) in [5.41, 5.74) is 3.85. The predicted octanol–water partition coefficient (Wildman–Crippen LogP) is 9.48. The molecule has 1 aliphatic rings. The van der Waals surface area contributed by atoms with Crippen LogP contribution in [0.2, 0.25) is 18.1 Å². The molecule has 0 aliphatic carbocycles. The Bertz CT molecular complexity index is 1190. The molecule has 228 valence electrons. The zero-order valence-corrected chi connectivity index (χ0v) is 28.5. The fourth-order valence-corrected chi connectivity index (χ4v) is 7.44. The van der Waals surface area contributed by atoms with Crippen LogP contribution in [-0.2, 0) is 15.4 Å². The first-order chi connectivity index (χ1) is 19.7. The molecule has 0 saturated carbocycles. The van der Waals surface area contributed by atoms with Crippen LogP contribution in [-0.4, -0.2) is 38.0 Å². The molecule has 0 radical (unpaired) electrons. The van der Waals surface area contributed by atoms with Gasteiger partial charge in [0, 0.05) is 0 Å². The second kappa shape index (κ2) is 13.2. The Labute approximate surface area is 257 Å². The van der Waals surface area contributed by atoms with E-state index in [-0.39, 0.29) is 22.5 Å². The third-order valence-electron chi connectivity index (χ3n) is 9.94. The van der Waals surface area contributed by atoms with Gasteiger partial charge >= 0.3 is 0 Å². The predicted molar refractivity (Wildman–Crippen MR) is 180 cm³/mol. The van der Waals surface area contributed by atoms with Gasteiger partial charge in [0.2, 0.25) is 0 Å². The van der Waals surface area contributed by atoms with E-state index in [9.17, 15) is 5.11 Å². The van der Waals surface area contributed by atoms with Crippen molar-refractivity contribution in [2.24, 2.45) is 5.92 Å². The molecular formula is C38H55NO2Si. The first-order valence-corrected chi connectivity index (χ1v) is 19.0. The molecule has 1 heterocycles. The summed E-state index contributed by atoms with van der Waals surface area (Å²) in [6.45, 7) is 21.6. The Balaban J connectivity index is 1.41. The molecule has 3 aromatic rings. The summed E-state index contributed by atoms with van der Waals surface area (Å²) in [5.74, 6) is 0.189. The summed E-state index contributed by atoms with van der Waals surface area (Å²) in [6.07, 6.45) is 4.22. The highest BCUT2D eigenvalue weighted by Gasteiger charge is 2.42. The fourth-order valence-electron chi connectivity index (χ4n) is 6.12. The zero-order valence-electron chi connectivity index (χ0n) is 27.5. The van der Waals surface area contributed by atoms with Crippen molar-refractivity contribution in [2.45, 2.75) is 102 Å². The Morgan fingerprint density at radius 2 is 1.26 bits per heavy atom. The van der Waals surface area contributed by atoms with Gasteiger partial charge in [0.05, 0.1) is 6.10 Å². The van der Waals surface area contributed by atoms with E-state index in [2.05, 4.69) is 108 Å². The van der Waals surface area contributed by atoms with Gasteiger partial charge in [-0.15, -0.1) is 0 Å². The van der Waals surface area contributed by atoms with Crippen LogP contribution in [0.4, 0.5) is 0 Å². The minimum atomic E-state index is -1.93. The number of hydrogen-bond acceptors (Lipinski definition) is 3. The molecule has 0 aromatic heterocycles. The molecule has 4 heteroatoms.